The van der Waals surface area contributed by atoms with Gasteiger partial charge in [-0.05, 0) is 59.0 Å². The van der Waals surface area contributed by atoms with E-state index in [0.29, 0.717) is 40.2 Å². The van der Waals surface area contributed by atoms with E-state index in [0.717, 1.165) is 16.9 Å². The molecule has 0 aliphatic carbocycles. The van der Waals surface area contributed by atoms with Crippen LogP contribution in [0.3, 0.4) is 0 Å². The monoisotopic (exact) mass is 570 g/mol. The van der Waals surface area contributed by atoms with E-state index in [1.54, 1.807) is 54.5 Å². The molecule has 0 saturated carbocycles. The number of halogens is 1. The number of aliphatic carboxylic acids is 1. The average Bonchev–Trinajstić information content (AvgIpc) is 3.00. The first-order chi connectivity index (χ1) is 19.9. The van der Waals surface area contributed by atoms with Gasteiger partial charge in [-0.15, -0.1) is 0 Å². The van der Waals surface area contributed by atoms with E-state index in [1.807, 2.05) is 54.6 Å². The fourth-order valence-electron chi connectivity index (χ4n) is 4.51. The molecule has 0 aliphatic heterocycles. The van der Waals surface area contributed by atoms with Gasteiger partial charge >= 0.3 is 5.97 Å². The first-order valence-corrected chi connectivity index (χ1v) is 13.6. The predicted molar refractivity (Wildman–Crippen MR) is 159 cm³/mol. The van der Waals surface area contributed by atoms with Crippen molar-refractivity contribution in [2.75, 3.05) is 20.2 Å². The Kier molecular flexibility index (Phi) is 10.1. The first-order valence-electron chi connectivity index (χ1n) is 13.2. The molecule has 2 N–H and O–H groups in total. The minimum Gasteiger partial charge on any atom is -0.497 e. The first kappa shape index (κ1) is 29.4. The number of rotatable bonds is 12. The van der Waals surface area contributed by atoms with Crippen molar-refractivity contribution in [1.29, 1.82) is 0 Å². The minimum absolute atomic E-state index is 0.0542. The van der Waals surface area contributed by atoms with Crippen LogP contribution >= 0.6 is 11.6 Å². The van der Waals surface area contributed by atoms with Gasteiger partial charge in [0.15, 0.2) is 0 Å². The number of hydrogen-bond donors (Lipinski definition) is 2. The minimum atomic E-state index is -0.985. The summed E-state index contributed by atoms with van der Waals surface area (Å²) in [5.74, 6) is -0.858. The fraction of sp³-hybridized carbons (Fsp3) is 0.182. The van der Waals surface area contributed by atoms with Crippen LogP contribution in [0, 0.1) is 0 Å². The molecule has 2 amide bonds. The number of carboxylic acid groups (broad SMARTS) is 1. The normalized spacial score (nSPS) is 10.6. The third-order valence-corrected chi connectivity index (χ3v) is 7.10. The van der Waals surface area contributed by atoms with E-state index in [1.165, 1.54) is 0 Å². The molecule has 0 atom stereocenters. The Bertz CT molecular complexity index is 1520. The largest absolute Gasteiger partial charge is 0.497 e. The van der Waals surface area contributed by atoms with Crippen LogP contribution in [0.2, 0.25) is 5.02 Å². The van der Waals surface area contributed by atoms with E-state index >= 15 is 0 Å². The van der Waals surface area contributed by atoms with Crippen molar-refractivity contribution < 1.29 is 24.2 Å². The van der Waals surface area contributed by atoms with Gasteiger partial charge in [-0.3, -0.25) is 14.4 Å². The third kappa shape index (κ3) is 7.74. The number of ether oxygens (including phenoxy) is 1. The third-order valence-electron chi connectivity index (χ3n) is 6.73. The summed E-state index contributed by atoms with van der Waals surface area (Å²) >= 11 is 6.25. The summed E-state index contributed by atoms with van der Waals surface area (Å²) in [7, 11) is 1.60. The van der Waals surface area contributed by atoms with Crippen molar-refractivity contribution in [2.45, 2.75) is 19.4 Å². The van der Waals surface area contributed by atoms with Crippen LogP contribution in [0.25, 0.3) is 11.1 Å². The molecular weight excluding hydrogens is 540 g/mol. The molecule has 7 nitrogen and oxygen atoms in total. The van der Waals surface area contributed by atoms with E-state index in [9.17, 15) is 19.5 Å². The second kappa shape index (κ2) is 14.1. The standard InChI is InChI=1S/C33H31ClN2O5/c1-41-25-16-14-23(15-17-25)18-20-36(21-19-31(37)38)33(40)29-12-6-4-10-27(29)26-9-3-5-11-28(26)32(39)35-22-24-8-2-7-13-30(24)34/h2-17H,18-22H2,1H3,(H,35,39)(H,37,38). The van der Waals surface area contributed by atoms with Crippen molar-refractivity contribution in [3.63, 3.8) is 0 Å². The van der Waals surface area contributed by atoms with Gasteiger partial charge in [0.2, 0.25) is 0 Å². The van der Waals surface area contributed by atoms with Gasteiger partial charge in [0, 0.05) is 35.8 Å². The lowest BCUT2D eigenvalue weighted by Gasteiger charge is -2.24. The molecule has 0 saturated heterocycles. The molecule has 0 heterocycles. The SMILES string of the molecule is COc1ccc(CCN(CCC(=O)O)C(=O)c2ccccc2-c2ccccc2C(=O)NCc2ccccc2Cl)cc1. The molecule has 0 aromatic heterocycles. The summed E-state index contributed by atoms with van der Waals surface area (Å²) in [4.78, 5) is 40.1. The molecule has 0 bridgehead atoms. The number of carbonyl (C=O) groups excluding carboxylic acids is 2. The zero-order valence-electron chi connectivity index (χ0n) is 22.7. The summed E-state index contributed by atoms with van der Waals surface area (Å²) in [5, 5.41) is 12.8. The lowest BCUT2D eigenvalue weighted by Crippen LogP contribution is -2.35. The number of nitrogens with one attached hydrogen (secondary N) is 1. The molecular formula is C33H31ClN2O5. The van der Waals surface area contributed by atoms with Gasteiger partial charge in [-0.1, -0.05) is 78.3 Å². The van der Waals surface area contributed by atoms with Gasteiger partial charge in [0.25, 0.3) is 11.8 Å². The van der Waals surface area contributed by atoms with Crippen LogP contribution in [-0.2, 0) is 17.8 Å². The highest BCUT2D eigenvalue weighted by molar-refractivity contribution is 6.31. The number of hydrogen-bond acceptors (Lipinski definition) is 4. The Balaban J connectivity index is 1.60. The molecule has 4 aromatic carbocycles. The van der Waals surface area contributed by atoms with Crippen molar-refractivity contribution in [3.05, 3.63) is 124 Å². The Morgan fingerprint density at radius 2 is 1.41 bits per heavy atom. The zero-order chi connectivity index (χ0) is 29.2. The number of carbonyl (C=O) groups is 3. The van der Waals surface area contributed by atoms with E-state index < -0.39 is 5.97 Å². The Labute approximate surface area is 244 Å². The molecule has 0 unspecified atom stereocenters. The van der Waals surface area contributed by atoms with Crippen LogP contribution in [0.5, 0.6) is 5.75 Å². The van der Waals surface area contributed by atoms with E-state index in [-0.39, 0.29) is 31.3 Å². The van der Waals surface area contributed by atoms with Crippen LogP contribution in [0.4, 0.5) is 0 Å². The smallest absolute Gasteiger partial charge is 0.305 e. The topological polar surface area (TPSA) is 95.9 Å². The maximum absolute atomic E-state index is 13.9. The van der Waals surface area contributed by atoms with Crippen molar-refractivity contribution in [3.8, 4) is 16.9 Å². The Hall–Kier alpha value is -4.62. The molecule has 8 heteroatoms. The van der Waals surface area contributed by atoms with Gasteiger partial charge in [0.05, 0.1) is 13.5 Å². The number of methoxy groups -OCH3 is 1. The van der Waals surface area contributed by atoms with Crippen LogP contribution < -0.4 is 10.1 Å². The van der Waals surface area contributed by atoms with Crippen molar-refractivity contribution in [2.24, 2.45) is 0 Å². The molecule has 0 spiro atoms. The van der Waals surface area contributed by atoms with Gasteiger partial charge < -0.3 is 20.1 Å². The highest BCUT2D eigenvalue weighted by Crippen LogP contribution is 2.29. The number of benzene rings is 4. The van der Waals surface area contributed by atoms with Crippen LogP contribution in [0.15, 0.2) is 97.1 Å². The summed E-state index contributed by atoms with van der Waals surface area (Å²) in [6.07, 6.45) is 0.357. The van der Waals surface area contributed by atoms with Crippen LogP contribution in [0.1, 0.15) is 38.3 Å². The summed E-state index contributed by atoms with van der Waals surface area (Å²) < 4.78 is 5.22. The maximum Gasteiger partial charge on any atom is 0.305 e. The predicted octanol–water partition coefficient (Wildman–Crippen LogP) is 6.11. The quantitative estimate of drug-likeness (QED) is 0.214. The van der Waals surface area contributed by atoms with Gasteiger partial charge in [-0.2, -0.15) is 0 Å². The fourth-order valence-corrected chi connectivity index (χ4v) is 4.71. The highest BCUT2D eigenvalue weighted by atomic mass is 35.5. The lowest BCUT2D eigenvalue weighted by molar-refractivity contribution is -0.137. The molecule has 210 valence electrons. The van der Waals surface area contributed by atoms with Gasteiger partial charge in [-0.25, -0.2) is 0 Å². The molecule has 4 aromatic rings. The Morgan fingerprint density at radius 3 is 2.07 bits per heavy atom. The summed E-state index contributed by atoms with van der Waals surface area (Å²) in [6.45, 7) is 0.632. The zero-order valence-corrected chi connectivity index (χ0v) is 23.4. The maximum atomic E-state index is 13.9. The van der Waals surface area contributed by atoms with Gasteiger partial charge in [0.1, 0.15) is 5.75 Å². The van der Waals surface area contributed by atoms with Crippen molar-refractivity contribution in [1.82, 2.24) is 10.2 Å². The van der Waals surface area contributed by atoms with E-state index in [4.69, 9.17) is 16.3 Å². The summed E-state index contributed by atoms with van der Waals surface area (Å²) in [6, 6.07) is 29.0. The summed E-state index contributed by atoms with van der Waals surface area (Å²) in [5.41, 5.74) is 3.77. The molecule has 0 aliphatic rings. The molecule has 4 rings (SSSR count). The molecule has 0 radical (unpaired) electrons. The second-order valence-corrected chi connectivity index (χ2v) is 9.81. The number of amides is 2. The van der Waals surface area contributed by atoms with Crippen LogP contribution in [-0.4, -0.2) is 48.0 Å². The molecule has 41 heavy (non-hydrogen) atoms. The highest BCUT2D eigenvalue weighted by Gasteiger charge is 2.22. The number of carboxylic acids is 1. The second-order valence-electron chi connectivity index (χ2n) is 9.40. The number of nitrogens with zero attached hydrogens (tertiary/aromatic N) is 1. The Morgan fingerprint density at radius 1 is 0.805 bits per heavy atom. The van der Waals surface area contributed by atoms with E-state index in [2.05, 4.69) is 5.32 Å². The van der Waals surface area contributed by atoms with Crippen molar-refractivity contribution >= 4 is 29.4 Å². The average molecular weight is 571 g/mol. The lowest BCUT2D eigenvalue weighted by atomic mass is 9.94. The molecule has 0 fully saturated rings.